The lowest BCUT2D eigenvalue weighted by molar-refractivity contribution is -0.131. The van der Waals surface area contributed by atoms with E-state index < -0.39 is 11.8 Å². The van der Waals surface area contributed by atoms with Gasteiger partial charge in [-0.3, -0.25) is 4.79 Å². The van der Waals surface area contributed by atoms with Crippen molar-refractivity contribution in [2.24, 2.45) is 0 Å². The molecule has 0 aliphatic heterocycles. The minimum Gasteiger partial charge on any atom is -0.497 e. The fourth-order valence-electron chi connectivity index (χ4n) is 1.31. The number of carbonyl (C=O) groups is 2. The second-order valence-corrected chi connectivity index (χ2v) is 4.08. The van der Waals surface area contributed by atoms with Gasteiger partial charge in [0.25, 0.3) is 0 Å². The second kappa shape index (κ2) is 6.20. The van der Waals surface area contributed by atoms with Gasteiger partial charge in [0.05, 0.1) is 19.8 Å². The molecule has 18 heavy (non-hydrogen) atoms. The van der Waals surface area contributed by atoms with Crippen LogP contribution in [0.25, 0.3) is 0 Å². The maximum atomic E-state index is 11.8. The van der Waals surface area contributed by atoms with E-state index in [-0.39, 0.29) is 5.56 Å². The summed E-state index contributed by atoms with van der Waals surface area (Å²) in [4.78, 5) is 22.2. The van der Waals surface area contributed by atoms with E-state index in [2.05, 4.69) is 15.9 Å². The lowest BCUT2D eigenvalue weighted by atomic mass is 10.1. The zero-order valence-electron chi connectivity index (χ0n) is 9.77. The van der Waals surface area contributed by atoms with Crippen LogP contribution < -0.4 is 9.47 Å². The van der Waals surface area contributed by atoms with E-state index in [4.69, 9.17) is 14.6 Å². The Morgan fingerprint density at radius 2 is 1.89 bits per heavy atom. The molecule has 6 heteroatoms. The molecule has 0 aliphatic carbocycles. The number of hydrogen-bond acceptors (Lipinski definition) is 4. The number of halogens is 1. The van der Waals surface area contributed by atoms with E-state index in [0.717, 1.165) is 12.2 Å². The highest BCUT2D eigenvalue weighted by Crippen LogP contribution is 2.32. The number of hydrogen-bond donors (Lipinski definition) is 1. The summed E-state index contributed by atoms with van der Waals surface area (Å²) in [5.74, 6) is -0.825. The van der Waals surface area contributed by atoms with E-state index in [9.17, 15) is 9.59 Å². The van der Waals surface area contributed by atoms with Crippen LogP contribution in [0.2, 0.25) is 0 Å². The number of carboxylic acids is 1. The third kappa shape index (κ3) is 3.33. The van der Waals surface area contributed by atoms with E-state index in [0.29, 0.717) is 16.0 Å². The van der Waals surface area contributed by atoms with E-state index in [1.54, 1.807) is 12.1 Å². The van der Waals surface area contributed by atoms with Gasteiger partial charge in [-0.05, 0) is 28.1 Å². The number of ether oxygens (including phenoxy) is 2. The number of allylic oxidation sites excluding steroid dienone is 1. The number of aliphatic carboxylic acids is 1. The molecule has 0 radical (unpaired) electrons. The van der Waals surface area contributed by atoms with Crippen molar-refractivity contribution in [2.45, 2.75) is 0 Å². The lowest BCUT2D eigenvalue weighted by Crippen LogP contribution is -2.02. The first kappa shape index (κ1) is 14.2. The van der Waals surface area contributed by atoms with Gasteiger partial charge >= 0.3 is 5.97 Å². The molecular formula is C12H11BrO5. The quantitative estimate of drug-likeness (QED) is 0.667. The van der Waals surface area contributed by atoms with Gasteiger partial charge in [-0.1, -0.05) is 0 Å². The molecule has 0 saturated carbocycles. The Morgan fingerprint density at radius 1 is 1.22 bits per heavy atom. The average molecular weight is 315 g/mol. The Kier molecular flexibility index (Phi) is 4.91. The van der Waals surface area contributed by atoms with E-state index in [1.165, 1.54) is 14.2 Å². The minimum absolute atomic E-state index is 0.246. The number of methoxy groups -OCH3 is 2. The van der Waals surface area contributed by atoms with Crippen LogP contribution >= 0.6 is 15.9 Å². The Morgan fingerprint density at radius 3 is 2.39 bits per heavy atom. The van der Waals surface area contributed by atoms with Crippen molar-refractivity contribution < 1.29 is 24.2 Å². The number of ketones is 1. The summed E-state index contributed by atoms with van der Waals surface area (Å²) in [5.41, 5.74) is 0.246. The SMILES string of the molecule is COc1cc(Br)c(C(=O)C=CC(=O)O)c(OC)c1. The first-order valence-electron chi connectivity index (χ1n) is 4.86. The number of carboxylic acid groups (broad SMARTS) is 1. The van der Waals surface area contributed by atoms with Crippen LogP contribution in [-0.4, -0.2) is 31.1 Å². The Bertz CT molecular complexity index is 507. The smallest absolute Gasteiger partial charge is 0.328 e. The predicted octanol–water partition coefficient (Wildman–Crippen LogP) is 2.29. The molecule has 96 valence electrons. The van der Waals surface area contributed by atoms with E-state index >= 15 is 0 Å². The van der Waals surface area contributed by atoms with Gasteiger partial charge in [-0.25, -0.2) is 4.79 Å². The van der Waals surface area contributed by atoms with Gasteiger partial charge < -0.3 is 14.6 Å². The van der Waals surface area contributed by atoms with Gasteiger partial charge in [0.15, 0.2) is 5.78 Å². The highest BCUT2D eigenvalue weighted by Gasteiger charge is 2.16. The van der Waals surface area contributed by atoms with Crippen LogP contribution in [0, 0.1) is 0 Å². The lowest BCUT2D eigenvalue weighted by Gasteiger charge is -2.10. The van der Waals surface area contributed by atoms with Crippen LogP contribution in [-0.2, 0) is 4.79 Å². The molecule has 1 rings (SSSR count). The van der Waals surface area contributed by atoms with Crippen molar-refractivity contribution in [3.63, 3.8) is 0 Å². The molecule has 0 atom stereocenters. The molecule has 0 heterocycles. The van der Waals surface area contributed by atoms with Crippen LogP contribution in [0.15, 0.2) is 28.8 Å². The number of benzene rings is 1. The first-order chi connectivity index (χ1) is 8.49. The zero-order chi connectivity index (χ0) is 13.7. The monoisotopic (exact) mass is 314 g/mol. The standard InChI is InChI=1S/C12H11BrO5/c1-17-7-5-8(13)12(10(6-7)18-2)9(14)3-4-11(15)16/h3-6H,1-2H3,(H,15,16). The third-order valence-corrected chi connectivity index (χ3v) is 2.73. The van der Waals surface area contributed by atoms with Crippen molar-refractivity contribution >= 4 is 27.7 Å². The highest BCUT2D eigenvalue weighted by molar-refractivity contribution is 9.10. The number of rotatable bonds is 5. The van der Waals surface area contributed by atoms with Crippen molar-refractivity contribution in [2.75, 3.05) is 14.2 Å². The van der Waals surface area contributed by atoms with Gasteiger partial charge in [-0.15, -0.1) is 0 Å². The largest absolute Gasteiger partial charge is 0.497 e. The zero-order valence-corrected chi connectivity index (χ0v) is 11.4. The fraction of sp³-hybridized carbons (Fsp3) is 0.167. The van der Waals surface area contributed by atoms with Gasteiger partial charge in [0.1, 0.15) is 11.5 Å². The van der Waals surface area contributed by atoms with Crippen LogP contribution in [0.3, 0.4) is 0 Å². The van der Waals surface area contributed by atoms with Crippen LogP contribution in [0.5, 0.6) is 11.5 Å². The molecule has 0 aliphatic rings. The molecule has 5 nitrogen and oxygen atoms in total. The summed E-state index contributed by atoms with van der Waals surface area (Å²) in [6.07, 6.45) is 1.75. The average Bonchev–Trinajstić information content (AvgIpc) is 2.34. The number of carbonyl (C=O) groups excluding carboxylic acids is 1. The van der Waals surface area contributed by atoms with Crippen molar-refractivity contribution in [3.05, 3.63) is 34.3 Å². The Balaban J connectivity index is 3.23. The topological polar surface area (TPSA) is 72.8 Å². The van der Waals surface area contributed by atoms with Gasteiger partial charge in [0.2, 0.25) is 0 Å². The molecule has 0 bridgehead atoms. The molecule has 0 fully saturated rings. The third-order valence-electron chi connectivity index (χ3n) is 2.11. The molecule has 1 N–H and O–H groups in total. The van der Waals surface area contributed by atoms with Crippen molar-refractivity contribution in [1.29, 1.82) is 0 Å². The first-order valence-corrected chi connectivity index (χ1v) is 5.65. The van der Waals surface area contributed by atoms with Crippen molar-refractivity contribution in [1.82, 2.24) is 0 Å². The maximum absolute atomic E-state index is 11.8. The second-order valence-electron chi connectivity index (χ2n) is 3.22. The summed E-state index contributed by atoms with van der Waals surface area (Å²) in [6, 6.07) is 3.15. The van der Waals surface area contributed by atoms with Crippen LogP contribution in [0.4, 0.5) is 0 Å². The molecular weight excluding hydrogens is 304 g/mol. The summed E-state index contributed by atoms with van der Waals surface area (Å²) >= 11 is 3.23. The maximum Gasteiger partial charge on any atom is 0.328 e. The van der Waals surface area contributed by atoms with Gasteiger partial charge in [-0.2, -0.15) is 0 Å². The summed E-state index contributed by atoms with van der Waals surface area (Å²) in [6.45, 7) is 0. The van der Waals surface area contributed by atoms with Crippen molar-refractivity contribution in [3.8, 4) is 11.5 Å². The minimum atomic E-state index is -1.19. The normalized spacial score (nSPS) is 10.4. The van der Waals surface area contributed by atoms with E-state index in [1.807, 2.05) is 0 Å². The Hall–Kier alpha value is -1.82. The molecule has 0 aromatic heterocycles. The predicted molar refractivity (Wildman–Crippen MR) is 68.4 cm³/mol. The molecule has 0 spiro atoms. The fourth-order valence-corrected chi connectivity index (χ4v) is 1.92. The molecule has 1 aromatic rings. The molecule has 0 amide bonds. The highest BCUT2D eigenvalue weighted by atomic mass is 79.9. The Labute approximate surface area is 112 Å². The molecule has 0 unspecified atom stereocenters. The summed E-state index contributed by atoms with van der Waals surface area (Å²) in [5, 5.41) is 8.49. The summed E-state index contributed by atoms with van der Waals surface area (Å²) < 4.78 is 10.6. The molecule has 1 aromatic carbocycles. The van der Waals surface area contributed by atoms with Gasteiger partial charge in [0, 0.05) is 16.6 Å². The van der Waals surface area contributed by atoms with Crippen LogP contribution in [0.1, 0.15) is 10.4 Å². The molecule has 0 saturated heterocycles. The summed E-state index contributed by atoms with van der Waals surface area (Å²) in [7, 11) is 2.91.